The Bertz CT molecular complexity index is 668. The van der Waals surface area contributed by atoms with Crippen LogP contribution in [0.3, 0.4) is 0 Å². The van der Waals surface area contributed by atoms with Gasteiger partial charge in [0.1, 0.15) is 0 Å². The third kappa shape index (κ3) is 3.31. The van der Waals surface area contributed by atoms with Crippen molar-refractivity contribution in [3.63, 3.8) is 0 Å². The Kier molecular flexibility index (Phi) is 4.53. The largest absolute Gasteiger partial charge is 0.342 e. The van der Waals surface area contributed by atoms with E-state index in [1.165, 1.54) is 11.1 Å². The van der Waals surface area contributed by atoms with E-state index in [0.29, 0.717) is 6.54 Å². The van der Waals surface area contributed by atoms with Gasteiger partial charge < -0.3 is 9.80 Å². The van der Waals surface area contributed by atoms with Gasteiger partial charge in [0.25, 0.3) is 0 Å². The average Bonchev–Trinajstić information content (AvgIpc) is 3.38. The van der Waals surface area contributed by atoms with Gasteiger partial charge in [0.15, 0.2) is 0 Å². The van der Waals surface area contributed by atoms with Gasteiger partial charge in [-0.15, -0.1) is 0 Å². The Morgan fingerprint density at radius 2 is 1.68 bits per heavy atom. The zero-order chi connectivity index (χ0) is 17.4. The first-order valence-electron chi connectivity index (χ1n) is 9.80. The molecule has 1 saturated carbocycles. The third-order valence-electron chi connectivity index (χ3n) is 6.09. The molecule has 0 spiro atoms. The van der Waals surface area contributed by atoms with Crippen molar-refractivity contribution in [3.8, 4) is 0 Å². The number of piperidine rings is 1. The van der Waals surface area contributed by atoms with Gasteiger partial charge in [0.2, 0.25) is 11.8 Å². The molecule has 134 valence electrons. The normalized spacial score (nSPS) is 26.8. The zero-order valence-electron chi connectivity index (χ0n) is 15.1. The van der Waals surface area contributed by atoms with Crippen LogP contribution in [0.25, 0.3) is 0 Å². The number of likely N-dealkylation sites (tertiary alicyclic amines) is 2. The minimum absolute atomic E-state index is 0.0129. The number of carbonyl (C=O) groups excluding carboxylic acids is 2. The molecule has 3 aliphatic rings. The molecule has 2 saturated heterocycles. The first-order valence-corrected chi connectivity index (χ1v) is 9.80. The minimum Gasteiger partial charge on any atom is -0.342 e. The fraction of sp³-hybridized carbons (Fsp3) is 0.619. The van der Waals surface area contributed by atoms with Crippen LogP contribution in [0.5, 0.6) is 0 Å². The summed E-state index contributed by atoms with van der Waals surface area (Å²) in [5.41, 5.74) is 2.55. The van der Waals surface area contributed by atoms with E-state index in [2.05, 4.69) is 36.1 Å². The van der Waals surface area contributed by atoms with Crippen LogP contribution in [0, 0.1) is 18.8 Å². The van der Waals surface area contributed by atoms with E-state index in [1.54, 1.807) is 0 Å². The highest BCUT2D eigenvalue weighted by atomic mass is 16.2. The molecular formula is C21H28N2O2. The van der Waals surface area contributed by atoms with Crippen molar-refractivity contribution in [2.45, 2.75) is 51.5 Å². The van der Waals surface area contributed by atoms with Gasteiger partial charge in [0.05, 0.1) is 12.0 Å². The van der Waals surface area contributed by atoms with Crippen molar-refractivity contribution in [2.24, 2.45) is 11.8 Å². The fourth-order valence-electron chi connectivity index (χ4n) is 4.52. The van der Waals surface area contributed by atoms with Crippen LogP contribution in [-0.2, 0) is 9.59 Å². The van der Waals surface area contributed by atoms with E-state index in [9.17, 15) is 9.59 Å². The molecular weight excluding hydrogens is 312 g/mol. The topological polar surface area (TPSA) is 40.6 Å². The molecule has 1 aliphatic carbocycles. The zero-order valence-corrected chi connectivity index (χ0v) is 15.1. The van der Waals surface area contributed by atoms with E-state index < -0.39 is 0 Å². The second kappa shape index (κ2) is 6.81. The molecule has 0 bridgehead atoms. The van der Waals surface area contributed by atoms with Gasteiger partial charge >= 0.3 is 0 Å². The predicted octanol–water partition coefficient (Wildman–Crippen LogP) is 3.31. The van der Waals surface area contributed by atoms with Crippen LogP contribution < -0.4 is 0 Å². The predicted molar refractivity (Wildman–Crippen MR) is 96.9 cm³/mol. The highest BCUT2D eigenvalue weighted by molar-refractivity contribution is 5.84. The van der Waals surface area contributed by atoms with Gasteiger partial charge in [-0.05, 0) is 56.6 Å². The van der Waals surface area contributed by atoms with E-state index in [1.807, 2.05) is 4.90 Å². The average molecular weight is 340 g/mol. The highest BCUT2D eigenvalue weighted by Crippen LogP contribution is 2.37. The number of benzene rings is 1. The van der Waals surface area contributed by atoms with Crippen LogP contribution >= 0.6 is 0 Å². The van der Waals surface area contributed by atoms with Gasteiger partial charge in [-0.25, -0.2) is 0 Å². The summed E-state index contributed by atoms with van der Waals surface area (Å²) in [6.45, 7) is 4.45. The van der Waals surface area contributed by atoms with E-state index in [0.717, 1.165) is 51.6 Å². The molecule has 2 amide bonds. The van der Waals surface area contributed by atoms with Crippen molar-refractivity contribution in [3.05, 3.63) is 35.4 Å². The first kappa shape index (κ1) is 16.6. The molecule has 4 heteroatoms. The second-order valence-corrected chi connectivity index (χ2v) is 7.94. The maximum atomic E-state index is 13.2. The van der Waals surface area contributed by atoms with Gasteiger partial charge in [0, 0.05) is 25.6 Å². The maximum absolute atomic E-state index is 13.2. The first-order chi connectivity index (χ1) is 12.1. The number of rotatable bonds is 3. The molecule has 3 fully saturated rings. The summed E-state index contributed by atoms with van der Waals surface area (Å²) in [6.07, 6.45) is 6.07. The molecule has 2 heterocycles. The Morgan fingerprint density at radius 3 is 2.44 bits per heavy atom. The number of aryl methyl sites for hydroxylation is 1. The van der Waals surface area contributed by atoms with Crippen molar-refractivity contribution in [1.82, 2.24) is 9.80 Å². The second-order valence-electron chi connectivity index (χ2n) is 7.94. The van der Waals surface area contributed by atoms with Gasteiger partial charge in [-0.1, -0.05) is 24.3 Å². The Labute approximate surface area is 150 Å². The molecule has 2 atom stereocenters. The molecule has 0 N–H and O–H groups in total. The van der Waals surface area contributed by atoms with Crippen LogP contribution in [0.4, 0.5) is 0 Å². The van der Waals surface area contributed by atoms with Crippen molar-refractivity contribution < 1.29 is 9.59 Å². The highest BCUT2D eigenvalue weighted by Gasteiger charge is 2.39. The van der Waals surface area contributed by atoms with Gasteiger partial charge in [-0.2, -0.15) is 0 Å². The number of nitrogens with zero attached hydrogens (tertiary/aromatic N) is 2. The monoisotopic (exact) mass is 340 g/mol. The van der Waals surface area contributed by atoms with E-state index >= 15 is 0 Å². The number of amides is 2. The van der Waals surface area contributed by atoms with Crippen LogP contribution in [-0.4, -0.2) is 41.2 Å². The summed E-state index contributed by atoms with van der Waals surface area (Å²) in [4.78, 5) is 29.7. The van der Waals surface area contributed by atoms with E-state index in [4.69, 9.17) is 0 Å². The lowest BCUT2D eigenvalue weighted by molar-refractivity contribution is -0.142. The maximum Gasteiger partial charge on any atom is 0.227 e. The Morgan fingerprint density at radius 1 is 0.920 bits per heavy atom. The van der Waals surface area contributed by atoms with Crippen molar-refractivity contribution in [2.75, 3.05) is 19.6 Å². The molecule has 25 heavy (non-hydrogen) atoms. The molecule has 2 aliphatic heterocycles. The molecule has 4 rings (SSSR count). The van der Waals surface area contributed by atoms with Crippen molar-refractivity contribution in [1.29, 1.82) is 0 Å². The SMILES string of the molecule is Cc1ccccc1C1CCCN1C(=O)C1CCCN(C(=O)C2CC2)C1. The lowest BCUT2D eigenvalue weighted by atomic mass is 9.94. The molecule has 1 aromatic carbocycles. The smallest absolute Gasteiger partial charge is 0.227 e. The van der Waals surface area contributed by atoms with Crippen LogP contribution in [0.1, 0.15) is 55.7 Å². The van der Waals surface area contributed by atoms with Gasteiger partial charge in [-0.3, -0.25) is 9.59 Å². The minimum atomic E-state index is -0.0129. The summed E-state index contributed by atoms with van der Waals surface area (Å²) in [5, 5.41) is 0. The fourth-order valence-corrected chi connectivity index (χ4v) is 4.52. The number of hydrogen-bond acceptors (Lipinski definition) is 2. The molecule has 0 aromatic heterocycles. The lowest BCUT2D eigenvalue weighted by Crippen LogP contribution is -2.47. The molecule has 2 unspecified atom stereocenters. The van der Waals surface area contributed by atoms with Crippen LogP contribution in [0.15, 0.2) is 24.3 Å². The number of hydrogen-bond donors (Lipinski definition) is 0. The quantitative estimate of drug-likeness (QED) is 0.847. The van der Waals surface area contributed by atoms with E-state index in [-0.39, 0.29) is 29.7 Å². The summed E-state index contributed by atoms with van der Waals surface area (Å²) < 4.78 is 0. The summed E-state index contributed by atoms with van der Waals surface area (Å²) in [7, 11) is 0. The molecule has 1 aromatic rings. The van der Waals surface area contributed by atoms with Crippen molar-refractivity contribution >= 4 is 11.8 Å². The summed E-state index contributed by atoms with van der Waals surface area (Å²) >= 11 is 0. The summed E-state index contributed by atoms with van der Waals surface area (Å²) in [6, 6.07) is 8.63. The lowest BCUT2D eigenvalue weighted by Gasteiger charge is -2.36. The van der Waals surface area contributed by atoms with Crippen LogP contribution in [0.2, 0.25) is 0 Å². The molecule has 4 nitrogen and oxygen atoms in total. The summed E-state index contributed by atoms with van der Waals surface area (Å²) in [5.74, 6) is 0.787. The molecule has 0 radical (unpaired) electrons. The standard InChI is InChI=1S/C21H28N2O2/c1-15-6-2-3-8-18(15)19-9-5-13-23(19)21(25)17-7-4-12-22(14-17)20(24)16-10-11-16/h2-3,6,8,16-17,19H,4-5,7,9-14H2,1H3. The Balaban J connectivity index is 1.47. The third-order valence-corrected chi connectivity index (χ3v) is 6.09. The Hall–Kier alpha value is -1.84. The number of carbonyl (C=O) groups is 2.